The maximum absolute atomic E-state index is 5.81. The minimum absolute atomic E-state index is 0.643. The minimum atomic E-state index is 0.643. The van der Waals surface area contributed by atoms with Crippen LogP contribution in [0.2, 0.25) is 0 Å². The average Bonchev–Trinajstić information content (AvgIpc) is 2.80. The van der Waals surface area contributed by atoms with Crippen LogP contribution in [0.15, 0.2) is 36.4 Å². The number of nitrogens with one attached hydrogen (secondary N) is 1. The third-order valence-corrected chi connectivity index (χ3v) is 3.21. The van der Waals surface area contributed by atoms with Crippen molar-refractivity contribution in [3.8, 4) is 11.4 Å². The quantitative estimate of drug-likeness (QED) is 0.613. The van der Waals surface area contributed by atoms with E-state index in [4.69, 9.17) is 11.5 Å². The molecule has 0 unspecified atom stereocenters. The van der Waals surface area contributed by atoms with E-state index in [2.05, 4.69) is 29.0 Å². The summed E-state index contributed by atoms with van der Waals surface area (Å²) in [6.45, 7) is 2.14. The Morgan fingerprint density at radius 3 is 2.47 bits per heavy atom. The van der Waals surface area contributed by atoms with Crippen LogP contribution in [0.4, 0.5) is 11.4 Å². The van der Waals surface area contributed by atoms with Gasteiger partial charge in [0.15, 0.2) is 0 Å². The molecule has 0 saturated heterocycles. The number of nitrogens with zero attached hydrogens (tertiary/aromatic N) is 1. The zero-order valence-corrected chi connectivity index (χ0v) is 10.8. The maximum Gasteiger partial charge on any atom is 0.138 e. The van der Waals surface area contributed by atoms with Crippen molar-refractivity contribution in [1.29, 1.82) is 0 Å². The summed E-state index contributed by atoms with van der Waals surface area (Å²) in [6.07, 6.45) is 1.01. The van der Waals surface area contributed by atoms with E-state index in [9.17, 15) is 0 Å². The second-order valence-corrected chi connectivity index (χ2v) is 4.68. The molecule has 19 heavy (non-hydrogen) atoms. The summed E-state index contributed by atoms with van der Waals surface area (Å²) in [4.78, 5) is 7.89. The molecule has 1 heterocycles. The molecule has 0 aliphatic carbocycles. The van der Waals surface area contributed by atoms with Gasteiger partial charge in [-0.1, -0.05) is 13.0 Å². The molecule has 0 aliphatic rings. The summed E-state index contributed by atoms with van der Waals surface area (Å²) in [5.74, 6) is 0.794. The first-order valence-corrected chi connectivity index (χ1v) is 6.31. The number of aromatic nitrogens is 2. The summed E-state index contributed by atoms with van der Waals surface area (Å²) in [5.41, 5.74) is 17.1. The average molecular weight is 252 g/mol. The molecule has 0 spiro atoms. The van der Waals surface area contributed by atoms with Gasteiger partial charge in [0.1, 0.15) is 5.82 Å². The van der Waals surface area contributed by atoms with Gasteiger partial charge in [-0.3, -0.25) is 0 Å². The van der Waals surface area contributed by atoms with Crippen molar-refractivity contribution in [2.45, 2.75) is 13.3 Å². The lowest BCUT2D eigenvalue weighted by atomic mass is 10.1. The lowest BCUT2D eigenvalue weighted by Gasteiger charge is -2.01. The standard InChI is InChI=1S/C15H16N4/c1-2-9-3-4-13-14(5-9)19-15(18-13)10-6-11(16)8-12(17)7-10/h3-8H,2,16-17H2,1H3,(H,18,19). The Bertz CT molecular complexity index is 723. The Labute approximate surface area is 111 Å². The van der Waals surface area contributed by atoms with E-state index >= 15 is 0 Å². The summed E-state index contributed by atoms with van der Waals surface area (Å²) >= 11 is 0. The Hall–Kier alpha value is -2.49. The van der Waals surface area contributed by atoms with Crippen LogP contribution in [0.5, 0.6) is 0 Å². The zero-order valence-electron chi connectivity index (χ0n) is 10.8. The van der Waals surface area contributed by atoms with Crippen molar-refractivity contribution >= 4 is 22.4 Å². The van der Waals surface area contributed by atoms with Gasteiger partial charge in [0.25, 0.3) is 0 Å². The number of H-pyrrole nitrogens is 1. The van der Waals surface area contributed by atoms with Crippen LogP contribution >= 0.6 is 0 Å². The number of benzene rings is 2. The molecule has 0 amide bonds. The van der Waals surface area contributed by atoms with Gasteiger partial charge in [0.2, 0.25) is 0 Å². The Balaban J connectivity index is 2.14. The van der Waals surface area contributed by atoms with Crippen LogP contribution < -0.4 is 11.5 Å². The van der Waals surface area contributed by atoms with Gasteiger partial charge in [-0.25, -0.2) is 4.98 Å². The number of hydrogen-bond acceptors (Lipinski definition) is 3. The predicted molar refractivity (Wildman–Crippen MR) is 79.7 cm³/mol. The number of fused-ring (bicyclic) bond motifs is 1. The molecule has 0 saturated carbocycles. The molecule has 1 aromatic heterocycles. The van der Waals surface area contributed by atoms with E-state index in [-0.39, 0.29) is 0 Å². The molecule has 5 N–H and O–H groups in total. The first-order valence-electron chi connectivity index (χ1n) is 6.31. The lowest BCUT2D eigenvalue weighted by Crippen LogP contribution is -1.92. The highest BCUT2D eigenvalue weighted by Crippen LogP contribution is 2.25. The summed E-state index contributed by atoms with van der Waals surface area (Å²) < 4.78 is 0. The molecule has 0 atom stereocenters. The number of hydrogen-bond donors (Lipinski definition) is 3. The van der Waals surface area contributed by atoms with E-state index in [1.807, 2.05) is 18.2 Å². The van der Waals surface area contributed by atoms with E-state index in [0.717, 1.165) is 28.8 Å². The molecule has 96 valence electrons. The molecule has 0 radical (unpaired) electrons. The van der Waals surface area contributed by atoms with Crippen LogP contribution in [0.3, 0.4) is 0 Å². The normalized spacial score (nSPS) is 11.0. The van der Waals surface area contributed by atoms with Gasteiger partial charge in [-0.05, 0) is 42.3 Å². The molecule has 4 heteroatoms. The molecule has 4 nitrogen and oxygen atoms in total. The molecular formula is C15H16N4. The second-order valence-electron chi connectivity index (χ2n) is 4.68. The van der Waals surface area contributed by atoms with Gasteiger partial charge < -0.3 is 16.5 Å². The van der Waals surface area contributed by atoms with Crippen molar-refractivity contribution in [1.82, 2.24) is 9.97 Å². The number of anilines is 2. The molecule has 3 aromatic rings. The van der Waals surface area contributed by atoms with Crippen LogP contribution in [-0.4, -0.2) is 9.97 Å². The van der Waals surface area contributed by atoms with Crippen molar-refractivity contribution in [3.63, 3.8) is 0 Å². The van der Waals surface area contributed by atoms with Gasteiger partial charge >= 0.3 is 0 Å². The molecule has 0 aliphatic heterocycles. The third kappa shape index (κ3) is 2.12. The van der Waals surface area contributed by atoms with Crippen molar-refractivity contribution in [2.24, 2.45) is 0 Å². The Morgan fingerprint density at radius 1 is 1.05 bits per heavy atom. The number of nitrogen functional groups attached to an aromatic ring is 2. The largest absolute Gasteiger partial charge is 0.399 e. The molecule has 3 rings (SSSR count). The Kier molecular flexibility index (Phi) is 2.63. The summed E-state index contributed by atoms with van der Waals surface area (Å²) in [7, 11) is 0. The number of aryl methyl sites for hydroxylation is 1. The van der Waals surface area contributed by atoms with E-state index in [1.54, 1.807) is 6.07 Å². The van der Waals surface area contributed by atoms with E-state index in [1.165, 1.54) is 5.56 Å². The van der Waals surface area contributed by atoms with Crippen molar-refractivity contribution in [3.05, 3.63) is 42.0 Å². The summed E-state index contributed by atoms with van der Waals surface area (Å²) in [5, 5.41) is 0. The van der Waals surface area contributed by atoms with E-state index in [0.29, 0.717) is 11.4 Å². The van der Waals surface area contributed by atoms with Gasteiger partial charge in [0.05, 0.1) is 11.0 Å². The number of imidazole rings is 1. The number of rotatable bonds is 2. The second kappa shape index (κ2) is 4.31. The fourth-order valence-electron chi connectivity index (χ4n) is 2.23. The monoisotopic (exact) mass is 252 g/mol. The van der Waals surface area contributed by atoms with Gasteiger partial charge in [0, 0.05) is 16.9 Å². The third-order valence-electron chi connectivity index (χ3n) is 3.21. The highest BCUT2D eigenvalue weighted by molar-refractivity contribution is 5.81. The first-order chi connectivity index (χ1) is 9.15. The molecule has 2 aromatic carbocycles. The van der Waals surface area contributed by atoms with Crippen LogP contribution in [-0.2, 0) is 6.42 Å². The fourth-order valence-corrected chi connectivity index (χ4v) is 2.23. The van der Waals surface area contributed by atoms with Crippen molar-refractivity contribution < 1.29 is 0 Å². The minimum Gasteiger partial charge on any atom is -0.399 e. The van der Waals surface area contributed by atoms with Crippen LogP contribution in [0, 0.1) is 0 Å². The number of nitrogens with two attached hydrogens (primary N) is 2. The topological polar surface area (TPSA) is 80.7 Å². The highest BCUT2D eigenvalue weighted by atomic mass is 14.9. The summed E-state index contributed by atoms with van der Waals surface area (Å²) in [6, 6.07) is 11.7. The predicted octanol–water partition coefficient (Wildman–Crippen LogP) is 2.96. The fraction of sp³-hybridized carbons (Fsp3) is 0.133. The van der Waals surface area contributed by atoms with Crippen LogP contribution in [0.25, 0.3) is 22.4 Å². The zero-order chi connectivity index (χ0) is 13.4. The molecule has 0 fully saturated rings. The molecular weight excluding hydrogens is 236 g/mol. The lowest BCUT2D eigenvalue weighted by molar-refractivity contribution is 1.14. The number of aromatic amines is 1. The smallest absolute Gasteiger partial charge is 0.138 e. The highest BCUT2D eigenvalue weighted by Gasteiger charge is 2.07. The van der Waals surface area contributed by atoms with E-state index < -0.39 is 0 Å². The SMILES string of the molecule is CCc1ccc2nc(-c3cc(N)cc(N)c3)[nH]c2c1. The van der Waals surface area contributed by atoms with Crippen molar-refractivity contribution in [2.75, 3.05) is 11.5 Å². The van der Waals surface area contributed by atoms with Gasteiger partial charge in [-0.2, -0.15) is 0 Å². The van der Waals surface area contributed by atoms with Crippen LogP contribution in [0.1, 0.15) is 12.5 Å². The maximum atomic E-state index is 5.81. The Morgan fingerprint density at radius 2 is 1.79 bits per heavy atom. The van der Waals surface area contributed by atoms with Gasteiger partial charge in [-0.15, -0.1) is 0 Å². The first kappa shape index (κ1) is 11.6. The molecule has 0 bridgehead atoms.